The monoisotopic (exact) mass is 311 g/mol. The van der Waals surface area contributed by atoms with Crippen LogP contribution in [0.3, 0.4) is 0 Å². The normalized spacial score (nSPS) is 16.9. The maximum absolute atomic E-state index is 4.85. The lowest BCUT2D eigenvalue weighted by Crippen LogP contribution is -2.48. The summed E-state index contributed by atoms with van der Waals surface area (Å²) < 4.78 is 0. The highest BCUT2D eigenvalue weighted by atomic mass is 32.1. The van der Waals surface area contributed by atoms with E-state index in [1.807, 2.05) is 18.4 Å². The Balaban J connectivity index is 1.89. The van der Waals surface area contributed by atoms with Crippen LogP contribution in [-0.2, 0) is 13.0 Å². The fourth-order valence-corrected chi connectivity index (χ4v) is 3.80. The van der Waals surface area contributed by atoms with Gasteiger partial charge >= 0.3 is 0 Å². The van der Waals surface area contributed by atoms with Gasteiger partial charge in [-0.25, -0.2) is 4.98 Å². The molecule has 1 N–H and O–H groups in total. The number of rotatable bonds is 7. The molecule has 2 rings (SSSR count). The van der Waals surface area contributed by atoms with Crippen LogP contribution in [0.5, 0.6) is 0 Å². The molecule has 1 fully saturated rings. The van der Waals surface area contributed by atoms with Gasteiger partial charge in [0.25, 0.3) is 0 Å². The smallest absolute Gasteiger partial charge is 0.185 e. The zero-order chi connectivity index (χ0) is 15.2. The molecule has 0 atom stereocenters. The largest absolute Gasteiger partial charge is 0.346 e. The van der Waals surface area contributed by atoms with Crippen molar-refractivity contribution in [3.05, 3.63) is 10.6 Å². The van der Waals surface area contributed by atoms with Crippen molar-refractivity contribution in [2.24, 2.45) is 0 Å². The van der Waals surface area contributed by atoms with E-state index in [4.69, 9.17) is 4.98 Å². The molecule has 1 aromatic heterocycles. The lowest BCUT2D eigenvalue weighted by Gasteiger charge is -2.35. The molecule has 0 aromatic carbocycles. The van der Waals surface area contributed by atoms with Crippen molar-refractivity contribution in [2.75, 3.05) is 65.3 Å². The molecule has 1 aliphatic heterocycles. The molecule has 2 heterocycles. The van der Waals surface area contributed by atoms with E-state index in [0.29, 0.717) is 0 Å². The molecule has 0 saturated carbocycles. The number of thiazole rings is 1. The van der Waals surface area contributed by atoms with Crippen LogP contribution in [0.15, 0.2) is 0 Å². The van der Waals surface area contributed by atoms with Crippen molar-refractivity contribution in [3.8, 4) is 0 Å². The third kappa shape index (κ3) is 4.64. The predicted octanol–water partition coefficient (Wildman–Crippen LogP) is 1.11. The van der Waals surface area contributed by atoms with Crippen LogP contribution in [0.4, 0.5) is 5.13 Å². The van der Waals surface area contributed by atoms with Crippen molar-refractivity contribution < 1.29 is 0 Å². The van der Waals surface area contributed by atoms with Gasteiger partial charge in [-0.05, 0) is 27.6 Å². The third-order valence-corrected chi connectivity index (χ3v) is 5.10. The molecule has 0 amide bonds. The fourth-order valence-electron chi connectivity index (χ4n) is 2.58. The molecule has 6 heteroatoms. The first kappa shape index (κ1) is 16.7. The molecule has 0 radical (unpaired) electrons. The van der Waals surface area contributed by atoms with E-state index in [1.54, 1.807) is 0 Å². The second kappa shape index (κ2) is 8.08. The standard InChI is InChI=1S/C15H29N5S/c1-5-13-14(12-16-2)21-15(17-13)20-10-8-19(9-11-20)7-6-18(3)4/h16H,5-12H2,1-4H3. The molecule has 1 aliphatic rings. The summed E-state index contributed by atoms with van der Waals surface area (Å²) in [5.74, 6) is 0. The topological polar surface area (TPSA) is 34.6 Å². The Bertz CT molecular complexity index is 424. The van der Waals surface area contributed by atoms with Gasteiger partial charge in [-0.15, -0.1) is 11.3 Å². The molecule has 0 aliphatic carbocycles. The molecule has 0 bridgehead atoms. The van der Waals surface area contributed by atoms with Gasteiger partial charge in [0, 0.05) is 50.7 Å². The number of aromatic nitrogens is 1. The molecule has 1 aromatic rings. The zero-order valence-corrected chi connectivity index (χ0v) is 14.7. The molecule has 0 spiro atoms. The van der Waals surface area contributed by atoms with Crippen molar-refractivity contribution in [3.63, 3.8) is 0 Å². The Hall–Kier alpha value is -0.690. The summed E-state index contributed by atoms with van der Waals surface area (Å²) >= 11 is 1.86. The number of nitrogens with zero attached hydrogens (tertiary/aromatic N) is 4. The van der Waals surface area contributed by atoms with E-state index < -0.39 is 0 Å². The van der Waals surface area contributed by atoms with E-state index in [0.717, 1.165) is 45.7 Å². The lowest BCUT2D eigenvalue weighted by molar-refractivity contribution is 0.229. The summed E-state index contributed by atoms with van der Waals surface area (Å²) in [4.78, 5) is 13.5. The van der Waals surface area contributed by atoms with Gasteiger partial charge in [0.2, 0.25) is 0 Å². The van der Waals surface area contributed by atoms with Crippen molar-refractivity contribution in [1.82, 2.24) is 20.1 Å². The summed E-state index contributed by atoms with van der Waals surface area (Å²) in [7, 11) is 6.28. The van der Waals surface area contributed by atoms with Crippen LogP contribution in [0.1, 0.15) is 17.5 Å². The molecule has 1 saturated heterocycles. The van der Waals surface area contributed by atoms with Gasteiger partial charge in [0.05, 0.1) is 5.69 Å². The lowest BCUT2D eigenvalue weighted by atomic mass is 10.3. The number of hydrogen-bond acceptors (Lipinski definition) is 6. The SMILES string of the molecule is CCc1nc(N2CCN(CCN(C)C)CC2)sc1CNC. The van der Waals surface area contributed by atoms with Crippen molar-refractivity contribution in [2.45, 2.75) is 19.9 Å². The highest BCUT2D eigenvalue weighted by Gasteiger charge is 2.20. The van der Waals surface area contributed by atoms with Crippen LogP contribution in [-0.4, -0.2) is 75.2 Å². The highest BCUT2D eigenvalue weighted by Crippen LogP contribution is 2.27. The van der Waals surface area contributed by atoms with Gasteiger partial charge < -0.3 is 15.1 Å². The quantitative estimate of drug-likeness (QED) is 0.816. The molecule has 5 nitrogen and oxygen atoms in total. The number of hydrogen-bond donors (Lipinski definition) is 1. The maximum Gasteiger partial charge on any atom is 0.185 e. The molecule has 0 unspecified atom stereocenters. The number of aryl methyl sites for hydroxylation is 1. The minimum Gasteiger partial charge on any atom is -0.346 e. The van der Waals surface area contributed by atoms with Gasteiger partial charge in [0.1, 0.15) is 0 Å². The summed E-state index contributed by atoms with van der Waals surface area (Å²) in [5.41, 5.74) is 1.26. The summed E-state index contributed by atoms with van der Waals surface area (Å²) in [6, 6.07) is 0. The van der Waals surface area contributed by atoms with Crippen molar-refractivity contribution >= 4 is 16.5 Å². The molecule has 21 heavy (non-hydrogen) atoms. The van der Waals surface area contributed by atoms with Gasteiger partial charge in [-0.1, -0.05) is 6.92 Å². The van der Waals surface area contributed by atoms with Gasteiger partial charge in [0.15, 0.2) is 5.13 Å². The number of anilines is 1. The number of likely N-dealkylation sites (N-methyl/N-ethyl adjacent to an activating group) is 1. The van der Waals surface area contributed by atoms with Crippen LogP contribution in [0.25, 0.3) is 0 Å². The fraction of sp³-hybridized carbons (Fsp3) is 0.800. The van der Waals surface area contributed by atoms with Gasteiger partial charge in [-0.3, -0.25) is 4.90 Å². The van der Waals surface area contributed by atoms with Crippen LogP contribution in [0.2, 0.25) is 0 Å². The van der Waals surface area contributed by atoms with E-state index in [9.17, 15) is 0 Å². The average molecular weight is 311 g/mol. The first-order chi connectivity index (χ1) is 10.1. The van der Waals surface area contributed by atoms with Crippen LogP contribution >= 0.6 is 11.3 Å². The third-order valence-electron chi connectivity index (χ3n) is 3.95. The van der Waals surface area contributed by atoms with Crippen LogP contribution in [0, 0.1) is 0 Å². The zero-order valence-electron chi connectivity index (χ0n) is 13.9. The Labute approximate surface area is 132 Å². The van der Waals surface area contributed by atoms with Crippen molar-refractivity contribution in [1.29, 1.82) is 0 Å². The minimum absolute atomic E-state index is 0.934. The number of piperazine rings is 1. The maximum atomic E-state index is 4.85. The predicted molar refractivity (Wildman–Crippen MR) is 91.5 cm³/mol. The minimum atomic E-state index is 0.934. The van der Waals surface area contributed by atoms with Crippen LogP contribution < -0.4 is 10.2 Å². The van der Waals surface area contributed by atoms with E-state index in [2.05, 4.69) is 41.0 Å². The summed E-state index contributed by atoms with van der Waals surface area (Å²) in [6.45, 7) is 9.94. The van der Waals surface area contributed by atoms with Gasteiger partial charge in [-0.2, -0.15) is 0 Å². The highest BCUT2D eigenvalue weighted by molar-refractivity contribution is 7.15. The Morgan fingerprint density at radius 3 is 2.52 bits per heavy atom. The van der Waals surface area contributed by atoms with E-state index >= 15 is 0 Å². The molecule has 120 valence electrons. The Kier molecular flexibility index (Phi) is 6.41. The van der Waals surface area contributed by atoms with E-state index in [-0.39, 0.29) is 0 Å². The average Bonchev–Trinajstić information content (AvgIpc) is 2.89. The molecular weight excluding hydrogens is 282 g/mol. The molecular formula is C15H29N5S. The Morgan fingerprint density at radius 2 is 1.95 bits per heavy atom. The summed E-state index contributed by atoms with van der Waals surface area (Å²) in [6.07, 6.45) is 1.02. The first-order valence-corrected chi connectivity index (χ1v) is 8.71. The van der Waals surface area contributed by atoms with E-state index in [1.165, 1.54) is 22.2 Å². The first-order valence-electron chi connectivity index (χ1n) is 7.89. The Morgan fingerprint density at radius 1 is 1.24 bits per heavy atom. The summed E-state index contributed by atoms with van der Waals surface area (Å²) in [5, 5.41) is 4.46. The number of nitrogens with one attached hydrogen (secondary N) is 1. The second-order valence-corrected chi connectivity index (χ2v) is 6.94. The second-order valence-electron chi connectivity index (χ2n) is 5.88.